The monoisotopic (exact) mass is 473 g/mol. The summed E-state index contributed by atoms with van der Waals surface area (Å²) in [5, 5.41) is 7.82. The number of hydrogen-bond acceptors (Lipinski definition) is 5. The number of nitrogens with zero attached hydrogens (tertiary/aromatic N) is 1. The van der Waals surface area contributed by atoms with Crippen LogP contribution >= 0.6 is 0 Å². The summed E-state index contributed by atoms with van der Waals surface area (Å²) in [6.07, 6.45) is 0.761. The minimum atomic E-state index is -1.31. The molecule has 35 heavy (non-hydrogen) atoms. The van der Waals surface area contributed by atoms with Gasteiger partial charge in [0.1, 0.15) is 12.1 Å². The van der Waals surface area contributed by atoms with E-state index in [1.54, 1.807) is 25.1 Å². The molecule has 1 fully saturated rings. The summed E-state index contributed by atoms with van der Waals surface area (Å²) in [6, 6.07) is 18.3. The van der Waals surface area contributed by atoms with Crippen LogP contribution < -0.4 is 20.1 Å². The summed E-state index contributed by atoms with van der Waals surface area (Å²) in [5.74, 6) is 0.219. The molecule has 1 saturated heterocycles. The Balaban J connectivity index is 1.29. The average molecular weight is 474 g/mol. The van der Waals surface area contributed by atoms with Gasteiger partial charge in [0, 0.05) is 6.42 Å². The zero-order valence-electron chi connectivity index (χ0n) is 19.7. The number of urea groups is 1. The van der Waals surface area contributed by atoms with Crippen LogP contribution in [0.3, 0.4) is 0 Å². The smallest absolute Gasteiger partial charge is 0.325 e. The number of fused-ring (bicyclic) bond motifs is 2. The van der Waals surface area contributed by atoms with Crippen molar-refractivity contribution in [1.29, 1.82) is 0 Å². The van der Waals surface area contributed by atoms with E-state index in [4.69, 9.17) is 9.47 Å². The van der Waals surface area contributed by atoms with Crippen LogP contribution in [0.4, 0.5) is 4.79 Å². The highest BCUT2D eigenvalue weighted by Gasteiger charge is 2.49. The molecule has 0 aliphatic carbocycles. The molecule has 2 aliphatic heterocycles. The van der Waals surface area contributed by atoms with Gasteiger partial charge in [0.05, 0.1) is 19.3 Å². The summed E-state index contributed by atoms with van der Waals surface area (Å²) in [5.41, 5.74) is 0.185. The summed E-state index contributed by atoms with van der Waals surface area (Å²) in [7, 11) is 0. The van der Waals surface area contributed by atoms with E-state index in [1.165, 1.54) is 0 Å². The van der Waals surface area contributed by atoms with Crippen molar-refractivity contribution in [2.45, 2.75) is 31.8 Å². The van der Waals surface area contributed by atoms with Gasteiger partial charge in [0.25, 0.3) is 5.91 Å². The van der Waals surface area contributed by atoms with Gasteiger partial charge < -0.3 is 20.1 Å². The Bertz CT molecular complexity index is 1320. The maximum Gasteiger partial charge on any atom is 0.325 e. The molecule has 2 atom stereocenters. The molecule has 2 aliphatic rings. The normalized spacial score (nSPS) is 20.3. The minimum Gasteiger partial charge on any atom is -0.490 e. The molecule has 0 saturated carbocycles. The molecule has 3 aromatic rings. The van der Waals surface area contributed by atoms with Crippen molar-refractivity contribution in [1.82, 2.24) is 15.5 Å². The molecule has 180 valence electrons. The first-order chi connectivity index (χ1) is 16.8. The first-order valence-corrected chi connectivity index (χ1v) is 11.7. The Morgan fingerprint density at radius 3 is 2.57 bits per heavy atom. The van der Waals surface area contributed by atoms with Gasteiger partial charge >= 0.3 is 6.03 Å². The van der Waals surface area contributed by atoms with Crippen LogP contribution in [-0.4, -0.2) is 42.5 Å². The van der Waals surface area contributed by atoms with Gasteiger partial charge in [-0.3, -0.25) is 14.5 Å². The molecule has 3 aromatic carbocycles. The average Bonchev–Trinajstić information content (AvgIpc) is 3.01. The van der Waals surface area contributed by atoms with Gasteiger partial charge in [-0.2, -0.15) is 0 Å². The van der Waals surface area contributed by atoms with Crippen LogP contribution in [0.25, 0.3) is 10.8 Å². The summed E-state index contributed by atoms with van der Waals surface area (Å²) < 4.78 is 11.4. The molecular weight excluding hydrogens is 446 g/mol. The lowest BCUT2D eigenvalue weighted by atomic mass is 9.91. The number of carbonyl (C=O) groups excluding carboxylic acids is 3. The third-order valence-corrected chi connectivity index (χ3v) is 6.55. The van der Waals surface area contributed by atoms with E-state index in [0.29, 0.717) is 30.3 Å². The molecule has 0 radical (unpaired) electrons. The lowest BCUT2D eigenvalue weighted by Crippen LogP contribution is -2.43. The number of ether oxygens (including phenoxy) is 2. The molecule has 0 aromatic heterocycles. The van der Waals surface area contributed by atoms with Gasteiger partial charge in [-0.25, -0.2) is 4.79 Å². The van der Waals surface area contributed by atoms with Crippen LogP contribution in [0.5, 0.6) is 11.5 Å². The van der Waals surface area contributed by atoms with Crippen molar-refractivity contribution in [3.8, 4) is 11.5 Å². The van der Waals surface area contributed by atoms with E-state index < -0.39 is 23.4 Å². The topological polar surface area (TPSA) is 97.0 Å². The van der Waals surface area contributed by atoms with Gasteiger partial charge in [-0.05, 0) is 53.9 Å². The van der Waals surface area contributed by atoms with Crippen LogP contribution in [0.1, 0.15) is 37.4 Å². The maximum absolute atomic E-state index is 13.3. The van der Waals surface area contributed by atoms with Crippen LogP contribution in [0.2, 0.25) is 0 Å². The molecule has 8 nitrogen and oxygen atoms in total. The Kier molecular flexibility index (Phi) is 5.80. The van der Waals surface area contributed by atoms with Crippen LogP contribution in [0, 0.1) is 0 Å². The predicted molar refractivity (Wildman–Crippen MR) is 130 cm³/mol. The third-order valence-electron chi connectivity index (χ3n) is 6.55. The van der Waals surface area contributed by atoms with Crippen molar-refractivity contribution >= 4 is 28.6 Å². The standard InChI is InChI=1S/C27H27N3O5/c1-17(19-9-8-18-6-3-4-7-20(18)14-19)28-24(31)16-30-25(32)27(2,29-26(30)33)21-10-11-22-23(15-21)35-13-5-12-34-22/h3-4,6-11,14-15,17H,5,12-13,16H2,1-2H3,(H,28,31)(H,29,33)/t17-,27-/m1/s1. The first-order valence-electron chi connectivity index (χ1n) is 11.7. The van der Waals surface area contributed by atoms with Crippen molar-refractivity contribution in [2.24, 2.45) is 0 Å². The second-order valence-corrected chi connectivity index (χ2v) is 9.05. The molecule has 8 heteroatoms. The van der Waals surface area contributed by atoms with E-state index >= 15 is 0 Å². The number of benzene rings is 3. The molecule has 5 rings (SSSR count). The zero-order chi connectivity index (χ0) is 24.6. The third kappa shape index (κ3) is 4.27. The number of nitrogens with one attached hydrogen (secondary N) is 2. The van der Waals surface area contributed by atoms with Gasteiger partial charge in [-0.15, -0.1) is 0 Å². The lowest BCUT2D eigenvalue weighted by molar-refractivity contribution is -0.135. The Morgan fingerprint density at radius 2 is 1.77 bits per heavy atom. The highest BCUT2D eigenvalue weighted by Crippen LogP contribution is 2.36. The maximum atomic E-state index is 13.3. The molecule has 2 N–H and O–H groups in total. The van der Waals surface area contributed by atoms with Crippen LogP contribution in [-0.2, 0) is 15.1 Å². The highest BCUT2D eigenvalue weighted by molar-refractivity contribution is 6.09. The van der Waals surface area contributed by atoms with Gasteiger partial charge in [0.15, 0.2) is 11.5 Å². The van der Waals surface area contributed by atoms with E-state index in [-0.39, 0.29) is 12.6 Å². The number of rotatable bonds is 5. The van der Waals surface area contributed by atoms with Crippen LogP contribution in [0.15, 0.2) is 60.7 Å². The largest absolute Gasteiger partial charge is 0.490 e. The van der Waals surface area contributed by atoms with E-state index in [2.05, 4.69) is 10.6 Å². The molecule has 0 spiro atoms. The van der Waals surface area contributed by atoms with Crippen molar-refractivity contribution in [3.63, 3.8) is 0 Å². The summed E-state index contributed by atoms with van der Waals surface area (Å²) in [4.78, 5) is 39.8. The number of hydrogen-bond donors (Lipinski definition) is 2. The zero-order valence-corrected chi connectivity index (χ0v) is 19.7. The van der Waals surface area contributed by atoms with Gasteiger partial charge in [0.2, 0.25) is 5.91 Å². The fourth-order valence-corrected chi connectivity index (χ4v) is 4.50. The lowest BCUT2D eigenvalue weighted by Gasteiger charge is -2.23. The Hall–Kier alpha value is -4.07. The van der Waals surface area contributed by atoms with E-state index in [1.807, 2.05) is 49.4 Å². The minimum absolute atomic E-state index is 0.291. The molecular formula is C27H27N3O5. The van der Waals surface area contributed by atoms with E-state index in [0.717, 1.165) is 27.7 Å². The van der Waals surface area contributed by atoms with Crippen molar-refractivity contribution in [2.75, 3.05) is 19.8 Å². The quantitative estimate of drug-likeness (QED) is 0.552. The van der Waals surface area contributed by atoms with E-state index in [9.17, 15) is 14.4 Å². The first kappa shape index (κ1) is 22.7. The molecule has 0 unspecified atom stereocenters. The Morgan fingerprint density at radius 1 is 1.03 bits per heavy atom. The summed E-state index contributed by atoms with van der Waals surface area (Å²) in [6.45, 7) is 4.19. The highest BCUT2D eigenvalue weighted by atomic mass is 16.5. The number of amides is 4. The Labute approximate surface area is 203 Å². The summed E-state index contributed by atoms with van der Waals surface area (Å²) >= 11 is 0. The van der Waals surface area contributed by atoms with Gasteiger partial charge in [-0.1, -0.05) is 42.5 Å². The molecule has 0 bridgehead atoms. The molecule has 2 heterocycles. The number of imide groups is 1. The second-order valence-electron chi connectivity index (χ2n) is 9.05. The number of carbonyl (C=O) groups is 3. The fourth-order valence-electron chi connectivity index (χ4n) is 4.50. The second kappa shape index (κ2) is 8.94. The van der Waals surface area contributed by atoms with Crippen molar-refractivity contribution < 1.29 is 23.9 Å². The predicted octanol–water partition coefficient (Wildman–Crippen LogP) is 3.65. The molecule has 4 amide bonds. The SMILES string of the molecule is C[C@@H](NC(=O)CN1C(=O)N[C@](C)(c2ccc3c(c2)OCCCO3)C1=O)c1ccc2ccccc2c1. The fraction of sp³-hybridized carbons (Fsp3) is 0.296. The van der Waals surface area contributed by atoms with Crippen molar-refractivity contribution in [3.05, 3.63) is 71.8 Å².